The molecule has 10 heteroatoms. The molecule has 1 atom stereocenters. The van der Waals surface area contributed by atoms with Gasteiger partial charge in [-0.15, -0.1) is 5.92 Å². The van der Waals surface area contributed by atoms with Gasteiger partial charge >= 0.3 is 5.97 Å². The number of thioether (sulfide) groups is 1. The molecule has 2 aromatic carbocycles. The van der Waals surface area contributed by atoms with Gasteiger partial charge in [-0.2, -0.15) is 11.8 Å². The quantitative estimate of drug-likeness (QED) is 0.283. The number of nitrogens with zero attached hydrogens (tertiary/aromatic N) is 1. The first-order chi connectivity index (χ1) is 18.3. The summed E-state index contributed by atoms with van der Waals surface area (Å²) in [5.41, 5.74) is 1.23. The summed E-state index contributed by atoms with van der Waals surface area (Å²) in [5, 5.41) is 9.51. The highest BCUT2D eigenvalue weighted by atomic mass is 32.2. The number of sulfonamides is 1. The van der Waals surface area contributed by atoms with Crippen molar-refractivity contribution in [3.8, 4) is 17.6 Å². The van der Waals surface area contributed by atoms with Gasteiger partial charge in [0.25, 0.3) is 10.0 Å². The van der Waals surface area contributed by atoms with E-state index in [-0.39, 0.29) is 18.1 Å². The van der Waals surface area contributed by atoms with Crippen LogP contribution >= 0.6 is 11.8 Å². The van der Waals surface area contributed by atoms with E-state index in [1.165, 1.54) is 29.8 Å². The molecule has 1 aliphatic rings. The van der Waals surface area contributed by atoms with Gasteiger partial charge in [0.15, 0.2) is 0 Å². The van der Waals surface area contributed by atoms with Crippen LogP contribution in [0.5, 0.6) is 5.75 Å². The van der Waals surface area contributed by atoms with Crippen molar-refractivity contribution in [1.82, 2.24) is 9.79 Å². The number of hydrogen-bond acceptors (Lipinski definition) is 8. The van der Waals surface area contributed by atoms with Crippen LogP contribution in [-0.2, 0) is 26.2 Å². The summed E-state index contributed by atoms with van der Waals surface area (Å²) in [7, 11) is -4.08. The van der Waals surface area contributed by atoms with E-state index in [1.807, 2.05) is 30.0 Å². The Balaban J connectivity index is 1.64. The highest BCUT2D eigenvalue weighted by Crippen LogP contribution is 2.44. The topological polar surface area (TPSA) is 105 Å². The van der Waals surface area contributed by atoms with Crippen molar-refractivity contribution in [2.75, 3.05) is 32.1 Å². The van der Waals surface area contributed by atoms with Crippen LogP contribution in [0.25, 0.3) is 0 Å². The fraction of sp³-hybridized carbons (Fsp3) is 0.464. The number of piperidine rings is 1. The molecule has 1 aliphatic heterocycles. The van der Waals surface area contributed by atoms with Crippen molar-refractivity contribution in [3.63, 3.8) is 0 Å². The van der Waals surface area contributed by atoms with Crippen LogP contribution in [0.3, 0.4) is 0 Å². The van der Waals surface area contributed by atoms with E-state index in [9.17, 15) is 18.3 Å². The van der Waals surface area contributed by atoms with Crippen molar-refractivity contribution in [2.45, 2.75) is 49.3 Å². The number of hydrogen-bond donors (Lipinski definition) is 2. The minimum Gasteiger partial charge on any atom is -0.481 e. The Kier molecular flexibility index (Phi) is 11.5. The maximum absolute atomic E-state index is 13.2. The first-order valence-electron chi connectivity index (χ1n) is 12.7. The van der Waals surface area contributed by atoms with Gasteiger partial charge in [-0.25, -0.2) is 13.2 Å². The van der Waals surface area contributed by atoms with E-state index in [1.54, 1.807) is 18.7 Å². The third kappa shape index (κ3) is 8.22. The molecular weight excluding hydrogens is 524 g/mol. The summed E-state index contributed by atoms with van der Waals surface area (Å²) in [6.45, 7) is 6.23. The molecule has 0 aliphatic carbocycles. The number of carbonyl (C=O) groups is 1. The van der Waals surface area contributed by atoms with Crippen molar-refractivity contribution in [2.24, 2.45) is 5.92 Å². The SMILES string of the molecule is CC#CCOc1ccc(S(=O)(=O)NOC(=O)C(CC)C2(SCCO)CCN(Cc3ccccc3)CC2)cc1. The maximum atomic E-state index is 13.2. The molecule has 8 nitrogen and oxygen atoms in total. The summed E-state index contributed by atoms with van der Waals surface area (Å²) in [4.78, 5) is 22.7. The zero-order valence-electron chi connectivity index (χ0n) is 21.9. The Hall–Kier alpha value is -2.55. The van der Waals surface area contributed by atoms with Crippen LogP contribution in [0.4, 0.5) is 0 Å². The van der Waals surface area contributed by atoms with Crippen molar-refractivity contribution < 1.29 is 27.9 Å². The molecule has 0 amide bonds. The van der Waals surface area contributed by atoms with Crippen LogP contribution in [0.15, 0.2) is 59.5 Å². The normalized spacial score (nSPS) is 16.2. The third-order valence-electron chi connectivity index (χ3n) is 6.63. The Bertz CT molecular complexity index is 1190. The van der Waals surface area contributed by atoms with Crippen molar-refractivity contribution >= 4 is 27.8 Å². The lowest BCUT2D eigenvalue weighted by Crippen LogP contribution is -2.50. The van der Waals surface area contributed by atoms with Crippen molar-refractivity contribution in [3.05, 3.63) is 60.2 Å². The fourth-order valence-electron chi connectivity index (χ4n) is 4.65. The summed E-state index contributed by atoms with van der Waals surface area (Å²) in [5.74, 6) is 5.32. The van der Waals surface area contributed by atoms with E-state index in [2.05, 4.69) is 28.9 Å². The molecule has 38 heavy (non-hydrogen) atoms. The number of ether oxygens (including phenoxy) is 1. The van der Waals surface area contributed by atoms with E-state index in [0.29, 0.717) is 17.9 Å². The summed E-state index contributed by atoms with van der Waals surface area (Å²) in [6, 6.07) is 16.0. The second kappa shape index (κ2) is 14.6. The lowest BCUT2D eigenvalue weighted by atomic mass is 9.81. The molecule has 0 aromatic heterocycles. The second-order valence-corrected chi connectivity index (χ2v) is 12.2. The average molecular weight is 561 g/mol. The van der Waals surface area contributed by atoms with Crippen LogP contribution in [0.2, 0.25) is 0 Å². The first-order valence-corrected chi connectivity index (χ1v) is 15.2. The molecule has 206 valence electrons. The standard InChI is InChI=1S/C28H36N2O6S2/c1-3-5-20-35-24-11-13-25(14-12-24)38(33,34)29-36-27(32)26(4-2)28(37-21-19-31)15-17-30(18-16-28)22-23-9-7-6-8-10-23/h6-14,26,29,31H,4,15-22H2,1-2H3. The van der Waals surface area contributed by atoms with Gasteiger partial charge in [-0.3, -0.25) is 4.90 Å². The van der Waals surface area contributed by atoms with Gasteiger partial charge in [-0.1, -0.05) is 43.2 Å². The molecule has 1 fully saturated rings. The monoisotopic (exact) mass is 560 g/mol. The molecule has 0 spiro atoms. The first kappa shape index (κ1) is 30.0. The average Bonchev–Trinajstić information content (AvgIpc) is 2.93. The second-order valence-electron chi connectivity index (χ2n) is 9.05. The lowest BCUT2D eigenvalue weighted by molar-refractivity contribution is -0.154. The number of benzene rings is 2. The number of aliphatic hydroxyl groups excluding tert-OH is 1. The van der Waals surface area contributed by atoms with E-state index in [4.69, 9.17) is 9.57 Å². The summed E-state index contributed by atoms with van der Waals surface area (Å²) in [6.07, 6.45) is 1.95. The fourth-order valence-corrected chi connectivity index (χ4v) is 6.86. The van der Waals surface area contributed by atoms with Gasteiger partial charge in [0, 0.05) is 17.0 Å². The van der Waals surface area contributed by atoms with Gasteiger partial charge in [0.2, 0.25) is 0 Å². The highest BCUT2D eigenvalue weighted by molar-refractivity contribution is 8.00. The van der Waals surface area contributed by atoms with Gasteiger partial charge in [0.05, 0.1) is 17.4 Å². The molecule has 1 saturated heterocycles. The molecule has 1 unspecified atom stereocenters. The Morgan fingerprint density at radius 1 is 1.16 bits per heavy atom. The predicted molar refractivity (Wildman–Crippen MR) is 149 cm³/mol. The predicted octanol–water partition coefficient (Wildman–Crippen LogP) is 3.61. The summed E-state index contributed by atoms with van der Waals surface area (Å²) >= 11 is 1.58. The third-order valence-corrected chi connectivity index (χ3v) is 9.48. The Morgan fingerprint density at radius 2 is 1.84 bits per heavy atom. The minimum atomic E-state index is -4.08. The number of likely N-dealkylation sites (tertiary alicyclic amines) is 1. The number of nitrogens with one attached hydrogen (secondary N) is 1. The molecule has 2 N–H and O–H groups in total. The summed E-state index contributed by atoms with van der Waals surface area (Å²) < 4.78 is 30.5. The van der Waals surface area contributed by atoms with Gasteiger partial charge < -0.3 is 14.7 Å². The minimum absolute atomic E-state index is 0.00296. The van der Waals surface area contributed by atoms with E-state index >= 15 is 0 Å². The van der Waals surface area contributed by atoms with Crippen molar-refractivity contribution in [1.29, 1.82) is 0 Å². The molecule has 0 bridgehead atoms. The number of rotatable bonds is 13. The molecule has 0 saturated carbocycles. The lowest BCUT2D eigenvalue weighted by Gasteiger charge is -2.45. The zero-order valence-corrected chi connectivity index (χ0v) is 23.5. The molecule has 1 heterocycles. The molecule has 3 rings (SSSR count). The molecule has 0 radical (unpaired) electrons. The van der Waals surface area contributed by atoms with E-state index in [0.717, 1.165) is 32.5 Å². The molecule has 2 aromatic rings. The number of carbonyl (C=O) groups excluding carboxylic acids is 1. The maximum Gasteiger partial charge on any atom is 0.330 e. The van der Waals surface area contributed by atoms with Crippen LogP contribution in [0.1, 0.15) is 38.7 Å². The largest absolute Gasteiger partial charge is 0.481 e. The number of aliphatic hydroxyl groups is 1. The Labute approximate surface area is 230 Å². The smallest absolute Gasteiger partial charge is 0.330 e. The molecular formula is C28H36N2O6S2. The zero-order chi connectivity index (χ0) is 27.4. The van der Waals surface area contributed by atoms with Gasteiger partial charge in [0.1, 0.15) is 12.4 Å². The van der Waals surface area contributed by atoms with Crippen LogP contribution in [-0.4, -0.2) is 61.2 Å². The van der Waals surface area contributed by atoms with E-state index < -0.39 is 26.7 Å². The van der Waals surface area contributed by atoms with Crippen LogP contribution in [0, 0.1) is 17.8 Å². The highest BCUT2D eigenvalue weighted by Gasteiger charge is 2.45. The van der Waals surface area contributed by atoms with Gasteiger partial charge in [-0.05, 0) is 74.0 Å². The van der Waals surface area contributed by atoms with Crippen LogP contribution < -0.4 is 9.62 Å². The Morgan fingerprint density at radius 3 is 2.45 bits per heavy atom.